The Morgan fingerprint density at radius 2 is 1.73 bits per heavy atom. The Labute approximate surface area is 289 Å². The Kier molecular flexibility index (Phi) is 9.71. The first kappa shape index (κ1) is 36.9. The molecule has 0 aliphatic carbocycles. The van der Waals surface area contributed by atoms with Gasteiger partial charge in [0.1, 0.15) is 40.5 Å². The number of nitrogens with two attached hydrogens (primary N) is 1. The van der Waals surface area contributed by atoms with Crippen LogP contribution in [-0.4, -0.2) is 76.0 Å². The third-order valence-corrected chi connectivity index (χ3v) is 8.29. The van der Waals surface area contributed by atoms with E-state index in [1.807, 2.05) is 0 Å². The molecule has 0 bridgehead atoms. The van der Waals surface area contributed by atoms with Crippen LogP contribution in [0.15, 0.2) is 54.7 Å². The number of nitrogens with zero attached hydrogens (tertiary/aromatic N) is 2. The van der Waals surface area contributed by atoms with Crippen LogP contribution >= 0.6 is 0 Å². The van der Waals surface area contributed by atoms with Gasteiger partial charge in [-0.25, -0.2) is 9.37 Å². The summed E-state index contributed by atoms with van der Waals surface area (Å²) in [6.45, 7) is 3.51. The number of halogens is 4. The third kappa shape index (κ3) is 7.56. The molecule has 0 spiro atoms. The summed E-state index contributed by atoms with van der Waals surface area (Å²) in [6.07, 6.45) is -3.93. The van der Waals surface area contributed by atoms with Crippen molar-refractivity contribution in [3.05, 3.63) is 82.9 Å². The highest BCUT2D eigenvalue weighted by Crippen LogP contribution is 2.48. The number of aryl methyl sites for hydroxylation is 1. The second kappa shape index (κ2) is 13.4. The lowest BCUT2D eigenvalue weighted by molar-refractivity contribution is -0.265. The maximum atomic E-state index is 15.0. The molecule has 51 heavy (non-hydrogen) atoms. The largest absolute Gasteiger partial charge is 0.489 e. The average molecular weight is 714 g/mol. The molecule has 1 aliphatic heterocycles. The summed E-state index contributed by atoms with van der Waals surface area (Å²) in [5, 5.41) is 26.7. The van der Waals surface area contributed by atoms with Crippen molar-refractivity contribution >= 4 is 28.6 Å². The van der Waals surface area contributed by atoms with E-state index in [1.54, 1.807) is 13.0 Å². The molecule has 0 fully saturated rings. The number of ether oxygens (including phenoxy) is 2. The number of fused-ring (bicyclic) bond motifs is 2. The predicted molar refractivity (Wildman–Crippen MR) is 175 cm³/mol. The summed E-state index contributed by atoms with van der Waals surface area (Å²) in [6, 6.07) is 9.66. The fraction of sp³-hybridized carbons (Fsp3) is 0.343. The number of aliphatic hydroxyl groups is 2. The molecule has 6 N–H and O–H groups in total. The smallest absolute Gasteiger partial charge is 0.424 e. The summed E-state index contributed by atoms with van der Waals surface area (Å²) in [5.74, 6) is -3.30. The van der Waals surface area contributed by atoms with Crippen LogP contribution in [0, 0.1) is 12.7 Å². The highest BCUT2D eigenvalue weighted by Gasteiger charge is 2.58. The van der Waals surface area contributed by atoms with Gasteiger partial charge in [0.05, 0.1) is 17.8 Å². The predicted octanol–water partition coefficient (Wildman–Crippen LogP) is 3.33. The molecule has 5 rings (SSSR count). The highest BCUT2D eigenvalue weighted by atomic mass is 19.4. The van der Waals surface area contributed by atoms with Crippen molar-refractivity contribution in [2.24, 2.45) is 5.73 Å². The SMILES string of the molecule is Cc1cnc2c(OCC(N)=O)cc(C(=O)NC[C@](O)(c3cc4c(c(-c5ccc(F)cc5)n3)OC[C@]4(C)C(=O)NCC(C)(C)O)C(F)(F)F)cc2c1. The van der Waals surface area contributed by atoms with Crippen LogP contribution in [0.25, 0.3) is 22.2 Å². The van der Waals surface area contributed by atoms with Crippen molar-refractivity contribution in [1.82, 2.24) is 20.6 Å². The topological polar surface area (TPSA) is 186 Å². The number of aromatic nitrogens is 2. The van der Waals surface area contributed by atoms with Crippen LogP contribution in [-0.2, 0) is 20.6 Å². The third-order valence-electron chi connectivity index (χ3n) is 8.29. The second-order valence-corrected chi connectivity index (χ2v) is 13.2. The van der Waals surface area contributed by atoms with E-state index in [0.717, 1.165) is 18.2 Å². The molecule has 3 amide bonds. The number of hydrogen-bond acceptors (Lipinski definition) is 9. The molecule has 0 saturated carbocycles. The number of amides is 3. The van der Waals surface area contributed by atoms with E-state index in [0.29, 0.717) is 10.9 Å². The minimum Gasteiger partial charge on any atom is -0.489 e. The Bertz CT molecular complexity index is 2020. The number of pyridine rings is 2. The number of hydrogen-bond donors (Lipinski definition) is 5. The van der Waals surface area contributed by atoms with Crippen molar-refractivity contribution in [2.75, 3.05) is 26.3 Å². The summed E-state index contributed by atoms with van der Waals surface area (Å²) in [4.78, 5) is 46.6. The lowest BCUT2D eigenvalue weighted by Crippen LogP contribution is -2.52. The summed E-state index contributed by atoms with van der Waals surface area (Å²) < 4.78 is 70.0. The van der Waals surface area contributed by atoms with Crippen LogP contribution in [0.5, 0.6) is 11.5 Å². The Hall–Kier alpha value is -5.35. The lowest BCUT2D eigenvalue weighted by Gasteiger charge is -2.32. The maximum Gasteiger partial charge on any atom is 0.424 e. The van der Waals surface area contributed by atoms with Crippen LogP contribution in [0.3, 0.4) is 0 Å². The Morgan fingerprint density at radius 1 is 1.04 bits per heavy atom. The van der Waals surface area contributed by atoms with Crippen LogP contribution in [0.1, 0.15) is 48.0 Å². The van der Waals surface area contributed by atoms with E-state index in [9.17, 15) is 42.2 Å². The van der Waals surface area contributed by atoms with Crippen molar-refractivity contribution in [2.45, 2.75) is 50.5 Å². The van der Waals surface area contributed by atoms with Crippen molar-refractivity contribution < 1.29 is 51.6 Å². The molecule has 0 saturated heterocycles. The molecule has 1 aliphatic rings. The van der Waals surface area contributed by atoms with E-state index < -0.39 is 65.2 Å². The van der Waals surface area contributed by atoms with E-state index in [-0.39, 0.29) is 52.6 Å². The number of nitrogens with one attached hydrogen (secondary N) is 2. The van der Waals surface area contributed by atoms with Gasteiger partial charge in [0.15, 0.2) is 6.61 Å². The number of alkyl halides is 3. The van der Waals surface area contributed by atoms with Crippen molar-refractivity contribution in [1.29, 1.82) is 0 Å². The second-order valence-electron chi connectivity index (χ2n) is 13.2. The van der Waals surface area contributed by atoms with E-state index in [1.165, 1.54) is 51.2 Å². The van der Waals surface area contributed by atoms with Gasteiger partial charge < -0.3 is 36.1 Å². The fourth-order valence-electron chi connectivity index (χ4n) is 5.44. The standard InChI is InChI=1S/C35H35F4N5O7/c1-18-9-20-10-21(11-24(27(20)41-13-18)50-14-26(40)45)30(46)42-16-34(49,35(37,38)39)25-12-23-29(28(44-25)19-5-7-22(36)8-6-19)51-17-33(23,4)31(47)43-15-32(2,3)48/h5-13,48-49H,14-17H2,1-4H3,(H2,40,45)(H,42,46)(H,43,47)/t33-,34-/m0/s1. The summed E-state index contributed by atoms with van der Waals surface area (Å²) in [5.41, 5.74) is -1.96. The van der Waals surface area contributed by atoms with E-state index in [2.05, 4.69) is 20.6 Å². The molecule has 2 atom stereocenters. The molecule has 270 valence electrons. The first-order valence-electron chi connectivity index (χ1n) is 15.6. The van der Waals surface area contributed by atoms with Crippen LogP contribution in [0.2, 0.25) is 0 Å². The normalized spacial score (nSPS) is 16.9. The van der Waals surface area contributed by atoms with Gasteiger partial charge in [-0.3, -0.25) is 19.4 Å². The maximum absolute atomic E-state index is 15.0. The zero-order valence-corrected chi connectivity index (χ0v) is 27.9. The molecule has 0 unspecified atom stereocenters. The summed E-state index contributed by atoms with van der Waals surface area (Å²) >= 11 is 0. The van der Waals surface area contributed by atoms with Gasteiger partial charge in [-0.05, 0) is 81.8 Å². The van der Waals surface area contributed by atoms with Gasteiger partial charge in [0.2, 0.25) is 11.5 Å². The highest BCUT2D eigenvalue weighted by molar-refractivity contribution is 6.00. The zero-order valence-electron chi connectivity index (χ0n) is 27.9. The Morgan fingerprint density at radius 3 is 2.35 bits per heavy atom. The quantitative estimate of drug-likeness (QED) is 0.146. The van der Waals surface area contributed by atoms with Gasteiger partial charge in [-0.2, -0.15) is 13.2 Å². The minimum atomic E-state index is -5.44. The zero-order chi connectivity index (χ0) is 37.5. The van der Waals surface area contributed by atoms with Crippen LogP contribution in [0.4, 0.5) is 17.6 Å². The molecule has 2 aromatic carbocycles. The van der Waals surface area contributed by atoms with Gasteiger partial charge in [0.25, 0.3) is 11.8 Å². The van der Waals surface area contributed by atoms with Crippen molar-refractivity contribution in [3.8, 4) is 22.8 Å². The molecular weight excluding hydrogens is 678 g/mol. The average Bonchev–Trinajstić information content (AvgIpc) is 3.40. The number of rotatable bonds is 11. The number of carbonyl (C=O) groups is 3. The number of benzene rings is 2. The first-order valence-corrected chi connectivity index (χ1v) is 15.6. The molecule has 16 heteroatoms. The van der Waals surface area contributed by atoms with Gasteiger partial charge >= 0.3 is 6.18 Å². The molecule has 0 radical (unpaired) electrons. The fourth-order valence-corrected chi connectivity index (χ4v) is 5.44. The number of primary amides is 1. The summed E-state index contributed by atoms with van der Waals surface area (Å²) in [7, 11) is 0. The van der Waals surface area contributed by atoms with Gasteiger partial charge in [-0.15, -0.1) is 0 Å². The number of carbonyl (C=O) groups excluding carboxylic acids is 3. The van der Waals surface area contributed by atoms with Crippen LogP contribution < -0.4 is 25.8 Å². The molecule has 3 heterocycles. The van der Waals surface area contributed by atoms with E-state index >= 15 is 0 Å². The molecule has 12 nitrogen and oxygen atoms in total. The first-order chi connectivity index (χ1) is 23.7. The molecule has 4 aromatic rings. The van der Waals surface area contributed by atoms with Gasteiger partial charge in [0, 0.05) is 34.8 Å². The lowest BCUT2D eigenvalue weighted by atomic mass is 9.81. The monoisotopic (exact) mass is 713 g/mol. The minimum absolute atomic E-state index is 0.0334. The van der Waals surface area contributed by atoms with E-state index in [4.69, 9.17) is 15.2 Å². The molecule has 2 aromatic heterocycles. The molecular formula is C35H35F4N5O7. The Balaban J connectivity index is 1.58. The van der Waals surface area contributed by atoms with Gasteiger partial charge in [-0.1, -0.05) is 0 Å². The van der Waals surface area contributed by atoms with Crippen molar-refractivity contribution in [3.63, 3.8) is 0 Å².